The average molecular weight is 274 g/mol. The first-order chi connectivity index (χ1) is 9.29. The molecule has 6 heteroatoms. The molecule has 0 saturated carbocycles. The molecule has 0 saturated heterocycles. The second-order valence-electron chi connectivity index (χ2n) is 4.38. The molecule has 0 spiro atoms. The van der Waals surface area contributed by atoms with Gasteiger partial charge in [0.2, 0.25) is 0 Å². The highest BCUT2D eigenvalue weighted by Gasteiger charge is 2.27. The van der Waals surface area contributed by atoms with Crippen molar-refractivity contribution < 1.29 is 4.79 Å². The summed E-state index contributed by atoms with van der Waals surface area (Å²) in [6.45, 7) is 0.747. The number of carbonyl (C=O) groups is 1. The molecule has 19 heavy (non-hydrogen) atoms. The lowest BCUT2D eigenvalue weighted by atomic mass is 10.1. The van der Waals surface area contributed by atoms with E-state index in [0.717, 1.165) is 30.2 Å². The first-order valence-electron chi connectivity index (χ1n) is 6.07. The van der Waals surface area contributed by atoms with Crippen molar-refractivity contribution in [3.63, 3.8) is 0 Å². The van der Waals surface area contributed by atoms with Crippen LogP contribution in [0.3, 0.4) is 0 Å². The molecule has 1 amide bonds. The summed E-state index contributed by atoms with van der Waals surface area (Å²) >= 11 is 1.66. The molecule has 0 fully saturated rings. The van der Waals surface area contributed by atoms with Crippen LogP contribution in [0.15, 0.2) is 30.7 Å². The molecule has 0 aromatic carbocycles. The highest BCUT2D eigenvalue weighted by Crippen LogP contribution is 2.20. The van der Waals surface area contributed by atoms with Gasteiger partial charge in [0.05, 0.1) is 29.0 Å². The van der Waals surface area contributed by atoms with Crippen molar-refractivity contribution in [3.8, 4) is 5.69 Å². The van der Waals surface area contributed by atoms with Crippen LogP contribution in [-0.2, 0) is 6.42 Å². The second kappa shape index (κ2) is 5.05. The topological polar surface area (TPSA) is 51.0 Å². The van der Waals surface area contributed by atoms with Crippen molar-refractivity contribution in [3.05, 3.63) is 42.0 Å². The summed E-state index contributed by atoms with van der Waals surface area (Å²) in [6, 6.07) is 3.79. The zero-order chi connectivity index (χ0) is 13.2. The van der Waals surface area contributed by atoms with E-state index in [9.17, 15) is 4.79 Å². The molecule has 3 rings (SSSR count). The number of amides is 1. The minimum absolute atomic E-state index is 0.0748. The lowest BCUT2D eigenvalue weighted by Crippen LogP contribution is -2.36. The van der Waals surface area contributed by atoms with Crippen LogP contribution in [0.25, 0.3) is 5.69 Å². The van der Waals surface area contributed by atoms with Gasteiger partial charge in [-0.2, -0.15) is 5.10 Å². The van der Waals surface area contributed by atoms with Gasteiger partial charge >= 0.3 is 0 Å². The zero-order valence-corrected chi connectivity index (χ0v) is 11.4. The second-order valence-corrected chi connectivity index (χ2v) is 5.22. The van der Waals surface area contributed by atoms with Crippen molar-refractivity contribution >= 4 is 17.7 Å². The Morgan fingerprint density at radius 2 is 2.37 bits per heavy atom. The lowest BCUT2D eigenvalue weighted by Gasteiger charge is -2.24. The van der Waals surface area contributed by atoms with E-state index in [-0.39, 0.29) is 5.91 Å². The smallest absolute Gasteiger partial charge is 0.258 e. The third-order valence-corrected chi connectivity index (χ3v) is 3.69. The summed E-state index contributed by atoms with van der Waals surface area (Å²) in [7, 11) is 0. The number of pyridine rings is 1. The number of hydrogen-bond donors (Lipinski definition) is 0. The highest BCUT2D eigenvalue weighted by molar-refractivity contribution is 7.98. The van der Waals surface area contributed by atoms with Crippen molar-refractivity contribution in [1.29, 1.82) is 0 Å². The molecule has 1 aliphatic heterocycles. The van der Waals surface area contributed by atoms with Crippen LogP contribution in [0, 0.1) is 0 Å². The van der Waals surface area contributed by atoms with Gasteiger partial charge < -0.3 is 4.90 Å². The van der Waals surface area contributed by atoms with Crippen LogP contribution in [0.4, 0.5) is 0 Å². The number of fused-ring (bicyclic) bond motifs is 1. The Morgan fingerprint density at radius 1 is 1.47 bits per heavy atom. The summed E-state index contributed by atoms with van der Waals surface area (Å²) in [4.78, 5) is 18.2. The first kappa shape index (κ1) is 12.2. The van der Waals surface area contributed by atoms with E-state index in [4.69, 9.17) is 0 Å². The standard InChI is InChI=1S/C13H14N4OS/c1-19-9-16-6-4-12-11(13(16)18)8-17(15-12)10-3-2-5-14-7-10/h2-3,5,7-8H,4,6,9H2,1H3. The molecular formula is C13H14N4OS. The Morgan fingerprint density at radius 3 is 3.11 bits per heavy atom. The first-order valence-corrected chi connectivity index (χ1v) is 7.46. The Bertz CT molecular complexity index is 596. The van der Waals surface area contributed by atoms with Gasteiger partial charge in [0.1, 0.15) is 0 Å². The molecule has 0 N–H and O–H groups in total. The summed E-state index contributed by atoms with van der Waals surface area (Å²) < 4.78 is 1.73. The van der Waals surface area contributed by atoms with Crippen LogP contribution >= 0.6 is 11.8 Å². The molecule has 5 nitrogen and oxygen atoms in total. The van der Waals surface area contributed by atoms with E-state index < -0.39 is 0 Å². The maximum absolute atomic E-state index is 12.3. The molecule has 0 radical (unpaired) electrons. The molecule has 1 aliphatic rings. The van der Waals surface area contributed by atoms with Gasteiger partial charge in [-0.25, -0.2) is 4.68 Å². The van der Waals surface area contributed by atoms with Gasteiger partial charge in [-0.15, -0.1) is 11.8 Å². The number of rotatable bonds is 3. The van der Waals surface area contributed by atoms with Crippen molar-refractivity contribution in [2.75, 3.05) is 18.7 Å². The number of thioether (sulfide) groups is 1. The van der Waals surface area contributed by atoms with Crippen LogP contribution in [0.5, 0.6) is 0 Å². The van der Waals surface area contributed by atoms with E-state index >= 15 is 0 Å². The fourth-order valence-corrected chi connectivity index (χ4v) is 2.74. The summed E-state index contributed by atoms with van der Waals surface area (Å²) in [6.07, 6.45) is 8.08. The van der Waals surface area contributed by atoms with Gasteiger partial charge in [-0.1, -0.05) is 0 Å². The van der Waals surface area contributed by atoms with Crippen LogP contribution in [0.1, 0.15) is 16.1 Å². The normalized spacial score (nSPS) is 14.6. The van der Waals surface area contributed by atoms with Gasteiger partial charge in [-0.3, -0.25) is 9.78 Å². The number of hydrogen-bond acceptors (Lipinski definition) is 4. The number of carbonyl (C=O) groups excluding carboxylic acids is 1. The number of nitrogens with zero attached hydrogens (tertiary/aromatic N) is 4. The molecule has 98 valence electrons. The Balaban J connectivity index is 1.94. The fraction of sp³-hybridized carbons (Fsp3) is 0.308. The summed E-state index contributed by atoms with van der Waals surface area (Å²) in [5.41, 5.74) is 2.47. The predicted molar refractivity (Wildman–Crippen MR) is 74.5 cm³/mol. The van der Waals surface area contributed by atoms with Gasteiger partial charge in [0.25, 0.3) is 5.91 Å². The van der Waals surface area contributed by atoms with E-state index in [1.54, 1.807) is 35.0 Å². The largest absolute Gasteiger partial charge is 0.329 e. The minimum atomic E-state index is 0.0748. The molecule has 2 aromatic heterocycles. The van der Waals surface area contributed by atoms with Gasteiger partial charge in [-0.05, 0) is 18.4 Å². The van der Waals surface area contributed by atoms with E-state index in [1.165, 1.54) is 0 Å². The SMILES string of the molecule is CSCN1CCc2nn(-c3cccnc3)cc2C1=O. The Labute approximate surface area is 115 Å². The summed E-state index contributed by atoms with van der Waals surface area (Å²) in [5, 5.41) is 4.49. The number of aromatic nitrogens is 3. The third-order valence-electron chi connectivity index (χ3n) is 3.12. The molecule has 0 bridgehead atoms. The van der Waals surface area contributed by atoms with Crippen molar-refractivity contribution in [2.24, 2.45) is 0 Å². The van der Waals surface area contributed by atoms with Crippen molar-refractivity contribution in [1.82, 2.24) is 19.7 Å². The Kier molecular flexibility index (Phi) is 3.25. The minimum Gasteiger partial charge on any atom is -0.329 e. The molecule has 0 unspecified atom stereocenters. The van der Waals surface area contributed by atoms with Crippen molar-refractivity contribution in [2.45, 2.75) is 6.42 Å². The van der Waals surface area contributed by atoms with Crippen LogP contribution in [-0.4, -0.2) is 44.2 Å². The van der Waals surface area contributed by atoms with E-state index in [2.05, 4.69) is 10.1 Å². The molecule has 3 heterocycles. The molecular weight excluding hydrogens is 260 g/mol. The average Bonchev–Trinajstić information content (AvgIpc) is 2.88. The maximum atomic E-state index is 12.3. The monoisotopic (exact) mass is 274 g/mol. The lowest BCUT2D eigenvalue weighted by molar-refractivity contribution is 0.0771. The van der Waals surface area contributed by atoms with E-state index in [1.807, 2.05) is 23.3 Å². The van der Waals surface area contributed by atoms with Gasteiger partial charge in [0.15, 0.2) is 0 Å². The molecule has 2 aromatic rings. The molecule has 0 atom stereocenters. The quantitative estimate of drug-likeness (QED) is 0.853. The summed E-state index contributed by atoms with van der Waals surface area (Å²) in [5.74, 6) is 0.807. The van der Waals surface area contributed by atoms with Crippen LogP contribution in [0.2, 0.25) is 0 Å². The van der Waals surface area contributed by atoms with Crippen LogP contribution < -0.4 is 0 Å². The predicted octanol–water partition coefficient (Wildman–Crippen LogP) is 1.59. The van der Waals surface area contributed by atoms with E-state index in [0.29, 0.717) is 5.56 Å². The molecule has 0 aliphatic carbocycles. The Hall–Kier alpha value is -1.82. The fourth-order valence-electron chi connectivity index (χ4n) is 2.19. The third kappa shape index (κ3) is 2.23. The highest BCUT2D eigenvalue weighted by atomic mass is 32.2. The maximum Gasteiger partial charge on any atom is 0.258 e. The van der Waals surface area contributed by atoms with Gasteiger partial charge in [0, 0.05) is 25.4 Å². The zero-order valence-electron chi connectivity index (χ0n) is 10.6.